The molecule has 0 fully saturated rings. The van der Waals surface area contributed by atoms with Gasteiger partial charge in [0.1, 0.15) is 0 Å². The van der Waals surface area contributed by atoms with Gasteiger partial charge < -0.3 is 4.84 Å². The van der Waals surface area contributed by atoms with Crippen LogP contribution < -0.4 is 5.48 Å². The van der Waals surface area contributed by atoms with E-state index in [-0.39, 0.29) is 11.5 Å². The molecule has 0 unspecified atom stereocenters. The van der Waals surface area contributed by atoms with Crippen LogP contribution >= 0.6 is 15.9 Å². The van der Waals surface area contributed by atoms with Crippen LogP contribution in [0, 0.1) is 6.92 Å². The van der Waals surface area contributed by atoms with Crippen molar-refractivity contribution in [1.82, 2.24) is 5.48 Å². The molecule has 1 aliphatic heterocycles. The summed E-state index contributed by atoms with van der Waals surface area (Å²) in [5, 5.41) is 0. The first-order valence-corrected chi connectivity index (χ1v) is 5.51. The topological polar surface area (TPSA) is 38.3 Å². The van der Waals surface area contributed by atoms with E-state index in [1.807, 2.05) is 26.8 Å². The average Bonchev–Trinajstić information content (AvgIpc) is 2.16. The first kappa shape index (κ1) is 10.6. The summed E-state index contributed by atoms with van der Waals surface area (Å²) in [5.74, 6) is -0.320. The Bertz CT molecular complexity index is 440. The summed E-state index contributed by atoms with van der Waals surface area (Å²) in [5.41, 5.74) is 5.11. The molecule has 15 heavy (non-hydrogen) atoms. The van der Waals surface area contributed by atoms with Gasteiger partial charge in [0.05, 0.1) is 11.1 Å². The molecule has 4 heteroatoms. The number of hydrogen-bond acceptors (Lipinski definition) is 3. The number of hydrogen-bond donors (Lipinski definition) is 1. The van der Waals surface area contributed by atoms with Crippen molar-refractivity contribution >= 4 is 21.9 Å². The minimum Gasteiger partial charge on any atom is -0.366 e. The van der Waals surface area contributed by atoms with Crippen molar-refractivity contribution in [3.63, 3.8) is 0 Å². The van der Waals surface area contributed by atoms with Gasteiger partial charge in [0, 0.05) is 4.47 Å². The summed E-state index contributed by atoms with van der Waals surface area (Å²) < 4.78 is 1.01. The van der Waals surface area contributed by atoms with E-state index in [4.69, 9.17) is 4.84 Å². The van der Waals surface area contributed by atoms with Gasteiger partial charge in [0.25, 0.3) is 0 Å². The minimum atomic E-state index is -0.350. The van der Waals surface area contributed by atoms with E-state index < -0.39 is 0 Å². The molecule has 0 radical (unpaired) electrons. The fourth-order valence-corrected chi connectivity index (χ4v) is 2.27. The lowest BCUT2D eigenvalue weighted by Gasteiger charge is -2.33. The summed E-state index contributed by atoms with van der Waals surface area (Å²) >= 11 is 3.47. The first-order chi connectivity index (χ1) is 6.93. The Hall–Kier alpha value is -0.870. The van der Waals surface area contributed by atoms with Gasteiger partial charge in [0.15, 0.2) is 0 Å². The van der Waals surface area contributed by atoms with Gasteiger partial charge in [-0.3, -0.25) is 0 Å². The fourth-order valence-electron chi connectivity index (χ4n) is 1.94. The highest BCUT2D eigenvalue weighted by Crippen LogP contribution is 2.34. The largest absolute Gasteiger partial charge is 0.366 e. The number of halogens is 1. The maximum atomic E-state index is 11.5. The Morgan fingerprint density at radius 1 is 1.40 bits per heavy atom. The van der Waals surface area contributed by atoms with Gasteiger partial charge in [-0.05, 0) is 44.0 Å². The van der Waals surface area contributed by atoms with E-state index in [2.05, 4.69) is 21.4 Å². The Kier molecular flexibility index (Phi) is 2.35. The number of fused-ring (bicyclic) bond motifs is 1. The van der Waals surface area contributed by atoms with E-state index >= 15 is 0 Å². The summed E-state index contributed by atoms with van der Waals surface area (Å²) in [7, 11) is 0. The molecular weight excluding hydrogens is 258 g/mol. The Labute approximate surface area is 96.9 Å². The molecule has 0 bridgehead atoms. The van der Waals surface area contributed by atoms with Crippen LogP contribution in [0.3, 0.4) is 0 Å². The first-order valence-electron chi connectivity index (χ1n) is 4.71. The highest BCUT2D eigenvalue weighted by atomic mass is 79.9. The van der Waals surface area contributed by atoms with Crippen molar-refractivity contribution in [2.24, 2.45) is 0 Å². The highest BCUT2D eigenvalue weighted by Gasteiger charge is 2.34. The number of benzene rings is 1. The Morgan fingerprint density at radius 2 is 2.07 bits per heavy atom. The van der Waals surface area contributed by atoms with Crippen molar-refractivity contribution in [3.8, 4) is 0 Å². The molecule has 1 aliphatic rings. The molecule has 0 amide bonds. The second-order valence-electron chi connectivity index (χ2n) is 4.21. The summed E-state index contributed by atoms with van der Waals surface area (Å²) in [6, 6.07) is 3.66. The third-order valence-electron chi connectivity index (χ3n) is 2.64. The smallest absolute Gasteiger partial charge is 0.357 e. The molecule has 1 N–H and O–H groups in total. The predicted octanol–water partition coefficient (Wildman–Crippen LogP) is 2.67. The van der Waals surface area contributed by atoms with Crippen molar-refractivity contribution in [1.29, 1.82) is 0 Å². The molecular formula is C11H12BrNO2. The van der Waals surface area contributed by atoms with Crippen LogP contribution in [-0.2, 0) is 10.4 Å². The predicted molar refractivity (Wildman–Crippen MR) is 60.5 cm³/mol. The van der Waals surface area contributed by atoms with Gasteiger partial charge >= 0.3 is 5.97 Å². The molecule has 80 valence electrons. The Balaban J connectivity index is 2.74. The van der Waals surface area contributed by atoms with E-state index in [0.717, 1.165) is 15.6 Å². The second kappa shape index (κ2) is 3.32. The second-order valence-corrected chi connectivity index (χ2v) is 5.07. The van der Waals surface area contributed by atoms with E-state index in [1.165, 1.54) is 0 Å². The fraction of sp³-hybridized carbons (Fsp3) is 0.364. The molecule has 0 atom stereocenters. The van der Waals surface area contributed by atoms with E-state index in [0.29, 0.717) is 5.56 Å². The SMILES string of the molecule is Cc1c(Br)ccc2c1C(C)(C)NOC2=O. The van der Waals surface area contributed by atoms with E-state index in [9.17, 15) is 4.79 Å². The molecule has 1 aromatic carbocycles. The average molecular weight is 270 g/mol. The van der Waals surface area contributed by atoms with Crippen LogP contribution in [0.15, 0.2) is 16.6 Å². The van der Waals surface area contributed by atoms with Crippen molar-refractivity contribution in [2.75, 3.05) is 0 Å². The zero-order chi connectivity index (χ0) is 11.2. The number of hydroxylamine groups is 1. The lowest BCUT2D eigenvalue weighted by Crippen LogP contribution is -2.44. The van der Waals surface area contributed by atoms with Crippen LogP contribution in [-0.4, -0.2) is 5.97 Å². The maximum absolute atomic E-state index is 11.5. The standard InChI is InChI=1S/C11H12BrNO2/c1-6-8(12)5-4-7-9(6)11(2,3)13-15-10(7)14/h4-5,13H,1-3H3. The van der Waals surface area contributed by atoms with Crippen molar-refractivity contribution in [2.45, 2.75) is 26.3 Å². The summed E-state index contributed by atoms with van der Waals surface area (Å²) in [4.78, 5) is 16.4. The molecule has 0 aliphatic carbocycles. The molecule has 2 rings (SSSR count). The van der Waals surface area contributed by atoms with Gasteiger partial charge in [-0.1, -0.05) is 15.9 Å². The monoisotopic (exact) mass is 269 g/mol. The third kappa shape index (κ3) is 1.58. The van der Waals surface area contributed by atoms with Gasteiger partial charge in [-0.2, -0.15) is 0 Å². The Morgan fingerprint density at radius 3 is 2.73 bits per heavy atom. The van der Waals surface area contributed by atoms with Gasteiger partial charge in [0.2, 0.25) is 0 Å². The van der Waals surface area contributed by atoms with Gasteiger partial charge in [-0.15, -0.1) is 5.48 Å². The lowest BCUT2D eigenvalue weighted by molar-refractivity contribution is -0.00824. The quantitative estimate of drug-likeness (QED) is 0.787. The van der Waals surface area contributed by atoms with Crippen LogP contribution in [0.25, 0.3) is 0 Å². The molecule has 1 aromatic rings. The molecule has 3 nitrogen and oxygen atoms in total. The number of rotatable bonds is 0. The highest BCUT2D eigenvalue weighted by molar-refractivity contribution is 9.10. The molecule has 0 saturated heterocycles. The van der Waals surface area contributed by atoms with Gasteiger partial charge in [-0.25, -0.2) is 4.79 Å². The minimum absolute atomic E-state index is 0.320. The molecule has 1 heterocycles. The summed E-state index contributed by atoms with van der Waals surface area (Å²) in [6.07, 6.45) is 0. The van der Waals surface area contributed by atoms with Crippen LogP contribution in [0.4, 0.5) is 0 Å². The number of nitrogens with one attached hydrogen (secondary N) is 1. The van der Waals surface area contributed by atoms with Crippen molar-refractivity contribution in [3.05, 3.63) is 33.3 Å². The van der Waals surface area contributed by atoms with Crippen LogP contribution in [0.5, 0.6) is 0 Å². The van der Waals surface area contributed by atoms with E-state index in [1.54, 1.807) is 6.07 Å². The molecule has 0 aromatic heterocycles. The number of carbonyl (C=O) groups excluding carboxylic acids is 1. The van der Waals surface area contributed by atoms with Crippen LogP contribution in [0.2, 0.25) is 0 Å². The third-order valence-corrected chi connectivity index (χ3v) is 3.50. The normalized spacial score (nSPS) is 18.3. The molecule has 0 saturated carbocycles. The van der Waals surface area contributed by atoms with Crippen molar-refractivity contribution < 1.29 is 9.63 Å². The summed E-state index contributed by atoms with van der Waals surface area (Å²) in [6.45, 7) is 5.96. The van der Waals surface area contributed by atoms with Crippen LogP contribution in [0.1, 0.15) is 35.3 Å². The number of carbonyl (C=O) groups is 1. The lowest BCUT2D eigenvalue weighted by atomic mass is 9.86. The zero-order valence-electron chi connectivity index (χ0n) is 8.85. The maximum Gasteiger partial charge on any atom is 0.357 e. The molecule has 0 spiro atoms. The zero-order valence-corrected chi connectivity index (χ0v) is 10.4.